The summed E-state index contributed by atoms with van der Waals surface area (Å²) in [4.78, 5) is 12.4. The number of benzene rings is 2. The lowest BCUT2D eigenvalue weighted by atomic mass is 10.2. The van der Waals surface area contributed by atoms with Crippen molar-refractivity contribution in [1.82, 2.24) is 10.2 Å². The summed E-state index contributed by atoms with van der Waals surface area (Å²) in [7, 11) is 1.47. The molecule has 0 saturated heterocycles. The van der Waals surface area contributed by atoms with Gasteiger partial charge in [0.25, 0.3) is 5.91 Å². The van der Waals surface area contributed by atoms with E-state index in [1.54, 1.807) is 24.3 Å². The molecule has 0 unspecified atom stereocenters. The molecule has 1 amide bonds. The topological polar surface area (TPSA) is 64.1 Å². The fourth-order valence-electron chi connectivity index (χ4n) is 2.00. The molecule has 3 rings (SSSR count). The summed E-state index contributed by atoms with van der Waals surface area (Å²) in [6.07, 6.45) is 0. The molecule has 0 saturated carbocycles. The number of aromatic nitrogens is 2. The van der Waals surface area contributed by atoms with E-state index in [9.17, 15) is 9.18 Å². The zero-order chi connectivity index (χ0) is 17.1. The van der Waals surface area contributed by atoms with Gasteiger partial charge in [0.2, 0.25) is 5.13 Å². The fraction of sp³-hybridized carbons (Fsp3) is 0.0625. The summed E-state index contributed by atoms with van der Waals surface area (Å²) in [6, 6.07) is 10.6. The molecule has 0 spiro atoms. The average Bonchev–Trinajstić information content (AvgIpc) is 3.04. The van der Waals surface area contributed by atoms with E-state index in [-0.39, 0.29) is 5.82 Å². The van der Waals surface area contributed by atoms with Gasteiger partial charge in [-0.05, 0) is 42.5 Å². The minimum atomic E-state index is -0.406. The van der Waals surface area contributed by atoms with Crippen LogP contribution >= 0.6 is 22.9 Å². The molecule has 1 N–H and O–H groups in total. The summed E-state index contributed by atoms with van der Waals surface area (Å²) in [6.45, 7) is 0. The number of hydrogen-bond acceptors (Lipinski definition) is 5. The second kappa shape index (κ2) is 6.94. The van der Waals surface area contributed by atoms with Crippen LogP contribution in [0.3, 0.4) is 0 Å². The quantitative estimate of drug-likeness (QED) is 0.752. The van der Waals surface area contributed by atoms with Crippen LogP contribution in [0.25, 0.3) is 10.6 Å². The first-order valence-corrected chi connectivity index (χ1v) is 8.00. The number of carbonyl (C=O) groups excluding carboxylic acids is 1. The van der Waals surface area contributed by atoms with E-state index in [0.29, 0.717) is 26.5 Å². The van der Waals surface area contributed by atoms with Crippen LogP contribution in [0.2, 0.25) is 5.02 Å². The molecule has 0 aliphatic rings. The van der Waals surface area contributed by atoms with Crippen LogP contribution in [-0.4, -0.2) is 23.2 Å². The molecule has 0 aliphatic carbocycles. The lowest BCUT2D eigenvalue weighted by Crippen LogP contribution is -2.13. The van der Waals surface area contributed by atoms with Gasteiger partial charge in [0.15, 0.2) is 0 Å². The molecule has 122 valence electrons. The van der Waals surface area contributed by atoms with Crippen LogP contribution in [0.5, 0.6) is 5.75 Å². The van der Waals surface area contributed by atoms with Crippen molar-refractivity contribution in [2.24, 2.45) is 0 Å². The van der Waals surface area contributed by atoms with E-state index in [1.807, 2.05) is 0 Å². The third-order valence-corrected chi connectivity index (χ3v) is 4.27. The molecule has 1 aromatic heterocycles. The zero-order valence-electron chi connectivity index (χ0n) is 12.4. The van der Waals surface area contributed by atoms with Gasteiger partial charge in [0, 0.05) is 10.6 Å². The maximum absolute atomic E-state index is 13.0. The number of hydrogen-bond donors (Lipinski definition) is 1. The second-order valence-electron chi connectivity index (χ2n) is 4.72. The van der Waals surface area contributed by atoms with Gasteiger partial charge in [-0.25, -0.2) is 4.39 Å². The predicted molar refractivity (Wildman–Crippen MR) is 91.3 cm³/mol. The number of anilines is 1. The highest BCUT2D eigenvalue weighted by Gasteiger charge is 2.16. The van der Waals surface area contributed by atoms with Gasteiger partial charge in [-0.1, -0.05) is 22.9 Å². The smallest absolute Gasteiger partial charge is 0.261 e. The summed E-state index contributed by atoms with van der Waals surface area (Å²) in [5.41, 5.74) is 1.01. The summed E-state index contributed by atoms with van der Waals surface area (Å²) < 4.78 is 18.1. The highest BCUT2D eigenvalue weighted by Crippen LogP contribution is 2.28. The molecule has 0 aliphatic heterocycles. The maximum atomic E-state index is 13.0. The Morgan fingerprint density at radius 3 is 2.67 bits per heavy atom. The van der Waals surface area contributed by atoms with Crippen molar-refractivity contribution in [2.75, 3.05) is 12.4 Å². The Bertz CT molecular complexity index is 883. The van der Waals surface area contributed by atoms with Crippen LogP contribution in [0, 0.1) is 5.82 Å². The molecule has 0 atom stereocenters. The Morgan fingerprint density at radius 2 is 1.96 bits per heavy atom. The first-order valence-electron chi connectivity index (χ1n) is 6.81. The first kappa shape index (κ1) is 16.4. The molecule has 3 aromatic rings. The van der Waals surface area contributed by atoms with Crippen molar-refractivity contribution in [2.45, 2.75) is 0 Å². The number of nitrogens with one attached hydrogen (secondary N) is 1. The third kappa shape index (κ3) is 3.52. The van der Waals surface area contributed by atoms with E-state index < -0.39 is 5.91 Å². The first-order chi connectivity index (χ1) is 11.6. The van der Waals surface area contributed by atoms with E-state index in [4.69, 9.17) is 16.3 Å². The largest absolute Gasteiger partial charge is 0.496 e. The van der Waals surface area contributed by atoms with Crippen LogP contribution in [0.1, 0.15) is 10.4 Å². The Hall–Kier alpha value is -2.51. The van der Waals surface area contributed by atoms with E-state index in [2.05, 4.69) is 15.5 Å². The van der Waals surface area contributed by atoms with Crippen LogP contribution in [-0.2, 0) is 0 Å². The Kier molecular flexibility index (Phi) is 4.73. The highest BCUT2D eigenvalue weighted by molar-refractivity contribution is 7.18. The van der Waals surface area contributed by atoms with Gasteiger partial charge >= 0.3 is 0 Å². The van der Waals surface area contributed by atoms with E-state index in [1.165, 1.54) is 36.6 Å². The average molecular weight is 364 g/mol. The molecule has 0 bridgehead atoms. The molecule has 5 nitrogen and oxygen atoms in total. The number of amides is 1. The molecular weight excluding hydrogens is 353 g/mol. The number of halogens is 2. The third-order valence-electron chi connectivity index (χ3n) is 3.14. The molecule has 0 radical (unpaired) electrons. The van der Waals surface area contributed by atoms with Gasteiger partial charge in [-0.3, -0.25) is 10.1 Å². The summed E-state index contributed by atoms with van der Waals surface area (Å²) in [5, 5.41) is 11.9. The van der Waals surface area contributed by atoms with Crippen molar-refractivity contribution < 1.29 is 13.9 Å². The Morgan fingerprint density at radius 1 is 1.21 bits per heavy atom. The van der Waals surface area contributed by atoms with Gasteiger partial charge in [0.1, 0.15) is 16.6 Å². The van der Waals surface area contributed by atoms with Crippen molar-refractivity contribution in [3.05, 3.63) is 58.9 Å². The second-order valence-corrected chi connectivity index (χ2v) is 6.13. The molecule has 0 fully saturated rings. The number of carbonyl (C=O) groups is 1. The molecule has 2 aromatic carbocycles. The van der Waals surface area contributed by atoms with Gasteiger partial charge < -0.3 is 4.74 Å². The number of rotatable bonds is 4. The van der Waals surface area contributed by atoms with Gasteiger partial charge in [-0.2, -0.15) is 0 Å². The molecular formula is C16H11ClFN3O2S. The normalized spacial score (nSPS) is 10.5. The highest BCUT2D eigenvalue weighted by atomic mass is 35.5. The molecule has 1 heterocycles. The lowest BCUT2D eigenvalue weighted by molar-refractivity contribution is 0.102. The SMILES string of the molecule is COc1ccc(Cl)cc1C(=O)Nc1nnc(-c2ccc(F)cc2)s1. The minimum Gasteiger partial charge on any atom is -0.496 e. The van der Waals surface area contributed by atoms with Crippen molar-refractivity contribution in [3.8, 4) is 16.3 Å². The minimum absolute atomic E-state index is 0.295. The van der Waals surface area contributed by atoms with Crippen molar-refractivity contribution in [1.29, 1.82) is 0 Å². The van der Waals surface area contributed by atoms with Crippen molar-refractivity contribution in [3.63, 3.8) is 0 Å². The molecule has 24 heavy (non-hydrogen) atoms. The van der Waals surface area contributed by atoms with Crippen molar-refractivity contribution >= 4 is 34.0 Å². The van der Waals surface area contributed by atoms with Crippen LogP contribution < -0.4 is 10.1 Å². The van der Waals surface area contributed by atoms with Crippen LogP contribution in [0.4, 0.5) is 9.52 Å². The summed E-state index contributed by atoms with van der Waals surface area (Å²) >= 11 is 7.11. The fourth-order valence-corrected chi connectivity index (χ4v) is 2.92. The Labute approximate surface area is 146 Å². The predicted octanol–water partition coefficient (Wildman–Crippen LogP) is 4.26. The van der Waals surface area contributed by atoms with Gasteiger partial charge in [-0.15, -0.1) is 10.2 Å². The Balaban J connectivity index is 1.81. The van der Waals surface area contributed by atoms with E-state index in [0.717, 1.165) is 5.56 Å². The number of methoxy groups -OCH3 is 1. The number of ether oxygens (including phenoxy) is 1. The molecule has 8 heteroatoms. The van der Waals surface area contributed by atoms with Crippen LogP contribution in [0.15, 0.2) is 42.5 Å². The zero-order valence-corrected chi connectivity index (χ0v) is 14.0. The van der Waals surface area contributed by atoms with E-state index >= 15 is 0 Å². The standard InChI is InChI=1S/C16H11ClFN3O2S/c1-23-13-7-4-10(17)8-12(13)14(22)19-16-21-20-15(24-16)9-2-5-11(18)6-3-9/h2-8H,1H3,(H,19,21,22). The number of nitrogens with zero attached hydrogens (tertiary/aromatic N) is 2. The summed E-state index contributed by atoms with van der Waals surface area (Å²) in [5.74, 6) is -0.332. The maximum Gasteiger partial charge on any atom is 0.261 e. The van der Waals surface area contributed by atoms with Gasteiger partial charge in [0.05, 0.1) is 12.7 Å². The monoisotopic (exact) mass is 363 g/mol. The lowest BCUT2D eigenvalue weighted by Gasteiger charge is -2.07.